The number of aromatic nitrogens is 2. The summed E-state index contributed by atoms with van der Waals surface area (Å²) in [4.78, 5) is 35.0. The average molecular weight is 449 g/mol. The van der Waals surface area contributed by atoms with Crippen molar-refractivity contribution in [3.63, 3.8) is 0 Å². The van der Waals surface area contributed by atoms with Crippen molar-refractivity contribution >= 4 is 11.8 Å². The highest BCUT2D eigenvalue weighted by Crippen LogP contribution is 2.22. The van der Waals surface area contributed by atoms with Crippen molar-refractivity contribution in [2.75, 3.05) is 19.7 Å². The third-order valence-corrected chi connectivity index (χ3v) is 4.60. The van der Waals surface area contributed by atoms with Crippen LogP contribution >= 0.6 is 0 Å². The highest BCUT2D eigenvalue weighted by atomic mass is 19.3. The number of halogens is 2. The van der Waals surface area contributed by atoms with Crippen LogP contribution in [-0.4, -0.2) is 52.8 Å². The van der Waals surface area contributed by atoms with Gasteiger partial charge >= 0.3 is 0 Å². The van der Waals surface area contributed by atoms with Crippen molar-refractivity contribution in [2.24, 2.45) is 5.41 Å². The van der Waals surface area contributed by atoms with E-state index in [1.165, 1.54) is 12.4 Å². The van der Waals surface area contributed by atoms with Crippen molar-refractivity contribution in [1.82, 2.24) is 20.2 Å². The zero-order valence-electron chi connectivity index (χ0n) is 18.9. The number of ether oxygens (including phenoxy) is 1. The molecule has 2 aromatic rings. The Hall–Kier alpha value is -3.10. The average Bonchev–Trinajstić information content (AvgIpc) is 2.76. The van der Waals surface area contributed by atoms with E-state index in [1.54, 1.807) is 23.2 Å². The number of alkyl halides is 2. The van der Waals surface area contributed by atoms with Gasteiger partial charge in [0.25, 0.3) is 12.3 Å². The lowest BCUT2D eigenvalue weighted by Crippen LogP contribution is -2.43. The fourth-order valence-corrected chi connectivity index (χ4v) is 3.01. The van der Waals surface area contributed by atoms with E-state index in [9.17, 15) is 18.4 Å². The van der Waals surface area contributed by atoms with Crippen molar-refractivity contribution in [1.29, 1.82) is 0 Å². The molecule has 0 aliphatic carbocycles. The number of nitrogens with zero attached hydrogens (tertiary/aromatic N) is 3. The van der Waals surface area contributed by atoms with E-state index < -0.39 is 18.4 Å². The van der Waals surface area contributed by atoms with Gasteiger partial charge in [0.2, 0.25) is 11.8 Å². The van der Waals surface area contributed by atoms with Crippen LogP contribution in [0.4, 0.5) is 8.78 Å². The molecule has 1 N–H and O–H groups in total. The summed E-state index contributed by atoms with van der Waals surface area (Å²) in [7, 11) is 0. The highest BCUT2D eigenvalue weighted by molar-refractivity contribution is 5.93. The van der Waals surface area contributed by atoms with E-state index in [0.717, 1.165) is 5.56 Å². The molecule has 0 unspecified atom stereocenters. The Labute approximate surface area is 187 Å². The normalized spacial score (nSPS) is 11.3. The zero-order chi connectivity index (χ0) is 23.7. The summed E-state index contributed by atoms with van der Waals surface area (Å²) in [6.07, 6.45) is 2.56. The molecule has 0 aliphatic rings. The van der Waals surface area contributed by atoms with E-state index in [2.05, 4.69) is 15.3 Å². The lowest BCUT2D eigenvalue weighted by molar-refractivity contribution is -0.140. The van der Waals surface area contributed by atoms with E-state index in [-0.39, 0.29) is 30.8 Å². The van der Waals surface area contributed by atoms with Gasteiger partial charge in [-0.3, -0.25) is 14.6 Å². The minimum Gasteiger partial charge on any atom is -0.471 e. The molecule has 0 saturated carbocycles. The number of aryl methyl sites for hydroxylation is 1. The van der Waals surface area contributed by atoms with Gasteiger partial charge in [0.1, 0.15) is 0 Å². The van der Waals surface area contributed by atoms with Crippen molar-refractivity contribution in [2.45, 2.75) is 47.1 Å². The molecule has 0 atom stereocenters. The molecule has 0 radical (unpaired) electrons. The van der Waals surface area contributed by atoms with Gasteiger partial charge in [-0.05, 0) is 30.2 Å². The van der Waals surface area contributed by atoms with E-state index in [0.29, 0.717) is 24.1 Å². The van der Waals surface area contributed by atoms with Gasteiger partial charge in [-0.2, -0.15) is 0 Å². The molecule has 32 heavy (non-hydrogen) atoms. The Morgan fingerprint density at radius 1 is 1.25 bits per heavy atom. The third-order valence-electron chi connectivity index (χ3n) is 4.60. The lowest BCUT2D eigenvalue weighted by Gasteiger charge is -2.30. The van der Waals surface area contributed by atoms with Crippen LogP contribution in [0.3, 0.4) is 0 Å². The number of pyridine rings is 2. The summed E-state index contributed by atoms with van der Waals surface area (Å²) in [6, 6.07) is 5.15. The summed E-state index contributed by atoms with van der Waals surface area (Å²) in [5, 5.41) is 2.80. The van der Waals surface area contributed by atoms with Crippen LogP contribution in [0, 0.1) is 5.41 Å². The number of hydrogen-bond acceptors (Lipinski definition) is 5. The monoisotopic (exact) mass is 448 g/mol. The van der Waals surface area contributed by atoms with Crippen molar-refractivity contribution in [3.05, 3.63) is 53.5 Å². The molecule has 0 fully saturated rings. The second-order valence-corrected chi connectivity index (χ2v) is 8.34. The van der Waals surface area contributed by atoms with Crippen LogP contribution in [0.15, 0.2) is 36.8 Å². The van der Waals surface area contributed by atoms with Crippen LogP contribution < -0.4 is 10.1 Å². The molecule has 9 heteroatoms. The SMILES string of the molecule is CCc1cc(CN(CCNC(=O)c2cccnc2)C(=O)C(C)(C)C)cnc1OCC(F)F. The van der Waals surface area contributed by atoms with Gasteiger partial charge in [-0.15, -0.1) is 0 Å². The molecule has 2 amide bonds. The van der Waals surface area contributed by atoms with Crippen LogP contribution in [-0.2, 0) is 17.8 Å². The number of carbonyl (C=O) groups is 2. The molecule has 2 aromatic heterocycles. The maximum absolute atomic E-state index is 13.0. The molecule has 0 aromatic carbocycles. The van der Waals surface area contributed by atoms with Crippen LogP contribution in [0.25, 0.3) is 0 Å². The Balaban J connectivity index is 2.10. The maximum Gasteiger partial charge on any atom is 0.272 e. The molecule has 2 rings (SSSR count). The first-order chi connectivity index (χ1) is 15.1. The fourth-order valence-electron chi connectivity index (χ4n) is 3.01. The molecular formula is C23H30F2N4O3. The van der Waals surface area contributed by atoms with Crippen LogP contribution in [0.2, 0.25) is 0 Å². The molecular weight excluding hydrogens is 418 g/mol. The predicted octanol–water partition coefficient (Wildman–Crippen LogP) is 3.49. The first-order valence-corrected chi connectivity index (χ1v) is 10.5. The zero-order valence-corrected chi connectivity index (χ0v) is 18.9. The molecule has 0 spiro atoms. The van der Waals surface area contributed by atoms with Crippen molar-refractivity contribution in [3.8, 4) is 5.88 Å². The Morgan fingerprint density at radius 2 is 2.00 bits per heavy atom. The van der Waals surface area contributed by atoms with Crippen LogP contribution in [0.5, 0.6) is 5.88 Å². The topological polar surface area (TPSA) is 84.4 Å². The van der Waals surface area contributed by atoms with E-state index in [1.807, 2.05) is 33.8 Å². The van der Waals surface area contributed by atoms with Crippen LogP contribution in [0.1, 0.15) is 49.2 Å². The first-order valence-electron chi connectivity index (χ1n) is 10.5. The number of carbonyl (C=O) groups excluding carboxylic acids is 2. The summed E-state index contributed by atoms with van der Waals surface area (Å²) in [5.74, 6) is -0.171. The van der Waals surface area contributed by atoms with Gasteiger partial charge in [0.15, 0.2) is 6.61 Å². The minimum absolute atomic E-state index is 0.0794. The highest BCUT2D eigenvalue weighted by Gasteiger charge is 2.27. The standard InChI is InChI=1S/C23H30F2N4O3/c1-5-17-11-16(12-28-21(17)32-15-19(24)25)14-29(22(31)23(2,3)4)10-9-27-20(30)18-7-6-8-26-13-18/h6-8,11-13,19H,5,9-10,14-15H2,1-4H3,(H,27,30). The Bertz CT molecular complexity index is 902. The lowest BCUT2D eigenvalue weighted by atomic mass is 9.94. The number of hydrogen-bond donors (Lipinski definition) is 1. The second kappa shape index (κ2) is 11.5. The van der Waals surface area contributed by atoms with Gasteiger partial charge in [-0.1, -0.05) is 27.7 Å². The summed E-state index contributed by atoms with van der Waals surface area (Å²) >= 11 is 0. The number of rotatable bonds is 10. The third kappa shape index (κ3) is 7.55. The largest absolute Gasteiger partial charge is 0.471 e. The van der Waals surface area contributed by atoms with Crippen molar-refractivity contribution < 1.29 is 23.1 Å². The number of amides is 2. The molecule has 7 nitrogen and oxygen atoms in total. The fraction of sp³-hybridized carbons (Fsp3) is 0.478. The van der Waals surface area contributed by atoms with Gasteiger partial charge in [0, 0.05) is 49.2 Å². The van der Waals surface area contributed by atoms with Gasteiger partial charge in [-0.25, -0.2) is 13.8 Å². The molecule has 0 saturated heterocycles. The summed E-state index contributed by atoms with van der Waals surface area (Å²) in [5.41, 5.74) is 1.27. The molecule has 174 valence electrons. The summed E-state index contributed by atoms with van der Waals surface area (Å²) < 4.78 is 30.0. The smallest absolute Gasteiger partial charge is 0.272 e. The van der Waals surface area contributed by atoms with E-state index >= 15 is 0 Å². The minimum atomic E-state index is -2.58. The molecule has 2 heterocycles. The predicted molar refractivity (Wildman–Crippen MR) is 117 cm³/mol. The van der Waals surface area contributed by atoms with E-state index in [4.69, 9.17) is 4.74 Å². The van der Waals surface area contributed by atoms with Gasteiger partial charge in [0.05, 0.1) is 5.56 Å². The summed E-state index contributed by atoms with van der Waals surface area (Å²) in [6.45, 7) is 7.47. The quantitative estimate of drug-likeness (QED) is 0.602. The maximum atomic E-state index is 13.0. The first kappa shape index (κ1) is 25.2. The Morgan fingerprint density at radius 3 is 2.59 bits per heavy atom. The molecule has 0 bridgehead atoms. The number of nitrogens with one attached hydrogen (secondary N) is 1. The Kier molecular flexibility index (Phi) is 9.04. The second-order valence-electron chi connectivity index (χ2n) is 8.34. The molecule has 0 aliphatic heterocycles. The van der Waals surface area contributed by atoms with Gasteiger partial charge < -0.3 is 15.0 Å².